The van der Waals surface area contributed by atoms with Gasteiger partial charge in [-0.05, 0) is 129 Å². The average Bonchev–Trinajstić information content (AvgIpc) is 4.02. The van der Waals surface area contributed by atoms with Crippen LogP contribution < -0.4 is 4.90 Å². The van der Waals surface area contributed by atoms with Gasteiger partial charge in [0.25, 0.3) is 0 Å². The second kappa shape index (κ2) is 15.7. The van der Waals surface area contributed by atoms with Crippen molar-refractivity contribution in [2.24, 2.45) is 0 Å². The minimum Gasteiger partial charge on any atom is -0.309 e. The first-order valence-electron chi connectivity index (χ1n) is 22.5. The Kier molecular flexibility index (Phi) is 9.22. The van der Waals surface area contributed by atoms with Crippen LogP contribution in [0.25, 0.3) is 82.4 Å². The van der Waals surface area contributed by atoms with Gasteiger partial charge in [-0.25, -0.2) is 0 Å². The van der Waals surface area contributed by atoms with Crippen molar-refractivity contribution >= 4 is 60.4 Å². The Morgan fingerprint density at radius 2 is 0.825 bits per heavy atom. The molecular formula is C61H46N2. The summed E-state index contributed by atoms with van der Waals surface area (Å²) in [5.41, 5.74) is 15.9. The van der Waals surface area contributed by atoms with Crippen LogP contribution in [0.3, 0.4) is 0 Å². The van der Waals surface area contributed by atoms with Gasteiger partial charge in [-0.3, -0.25) is 0 Å². The van der Waals surface area contributed by atoms with Crippen molar-refractivity contribution in [2.45, 2.75) is 31.6 Å². The zero-order valence-electron chi connectivity index (χ0n) is 35.2. The SMILES string of the molecule is c1ccc(-c2ccc(N(c3ccc4c(c3)c3ccccc3n4-c3ccccc3)c3c4ccc(-c5ccccc5)cc4c(C4CCCC4)c4ccc(-c5ccccc5)cc34)cc2)cc1. The molecule has 300 valence electrons. The van der Waals surface area contributed by atoms with Gasteiger partial charge in [0.1, 0.15) is 0 Å². The summed E-state index contributed by atoms with van der Waals surface area (Å²) >= 11 is 0. The first-order valence-corrected chi connectivity index (χ1v) is 22.5. The first kappa shape index (κ1) is 37.1. The fourth-order valence-corrected chi connectivity index (χ4v) is 10.6. The summed E-state index contributed by atoms with van der Waals surface area (Å²) in [6.45, 7) is 0. The van der Waals surface area contributed by atoms with Crippen molar-refractivity contribution in [1.82, 2.24) is 4.57 Å². The molecule has 0 N–H and O–H groups in total. The fraction of sp³-hybridized carbons (Fsp3) is 0.0820. The zero-order chi connectivity index (χ0) is 41.7. The molecule has 0 saturated heterocycles. The van der Waals surface area contributed by atoms with Crippen LogP contribution in [-0.2, 0) is 0 Å². The van der Waals surface area contributed by atoms with E-state index in [9.17, 15) is 0 Å². The third kappa shape index (κ3) is 6.49. The lowest BCUT2D eigenvalue weighted by Crippen LogP contribution is -2.12. The maximum absolute atomic E-state index is 2.56. The van der Waals surface area contributed by atoms with Crippen LogP contribution in [0.15, 0.2) is 224 Å². The van der Waals surface area contributed by atoms with Crippen molar-refractivity contribution in [3.05, 3.63) is 230 Å². The molecule has 0 aliphatic heterocycles. The fourth-order valence-electron chi connectivity index (χ4n) is 10.6. The van der Waals surface area contributed by atoms with Gasteiger partial charge in [-0.2, -0.15) is 0 Å². The minimum absolute atomic E-state index is 0.497. The van der Waals surface area contributed by atoms with E-state index < -0.39 is 0 Å². The van der Waals surface area contributed by atoms with Crippen LogP contribution in [0.2, 0.25) is 0 Å². The highest BCUT2D eigenvalue weighted by Gasteiger charge is 2.28. The van der Waals surface area contributed by atoms with Crippen molar-refractivity contribution < 1.29 is 0 Å². The van der Waals surface area contributed by atoms with Gasteiger partial charge in [0.2, 0.25) is 0 Å². The van der Waals surface area contributed by atoms with Gasteiger partial charge in [-0.15, -0.1) is 0 Å². The van der Waals surface area contributed by atoms with Gasteiger partial charge in [-0.1, -0.05) is 177 Å². The number of benzene rings is 10. The van der Waals surface area contributed by atoms with E-state index in [1.54, 1.807) is 0 Å². The second-order valence-corrected chi connectivity index (χ2v) is 17.1. The summed E-state index contributed by atoms with van der Waals surface area (Å²) < 4.78 is 2.41. The normalized spacial score (nSPS) is 13.1. The quantitative estimate of drug-likeness (QED) is 0.139. The molecule has 10 aromatic carbocycles. The lowest BCUT2D eigenvalue weighted by molar-refractivity contribution is 0.735. The van der Waals surface area contributed by atoms with Crippen LogP contribution in [-0.4, -0.2) is 4.57 Å². The topological polar surface area (TPSA) is 8.17 Å². The summed E-state index contributed by atoms with van der Waals surface area (Å²) in [7, 11) is 0. The van der Waals surface area contributed by atoms with Crippen LogP contribution in [0.4, 0.5) is 17.1 Å². The van der Waals surface area contributed by atoms with Crippen LogP contribution in [0.1, 0.15) is 37.2 Å². The third-order valence-corrected chi connectivity index (χ3v) is 13.5. The van der Waals surface area contributed by atoms with Crippen LogP contribution in [0.5, 0.6) is 0 Å². The Bertz CT molecular complexity index is 3420. The molecular weight excluding hydrogens is 761 g/mol. The summed E-state index contributed by atoms with van der Waals surface area (Å²) in [5.74, 6) is 0.497. The zero-order valence-corrected chi connectivity index (χ0v) is 35.2. The smallest absolute Gasteiger partial charge is 0.0618 e. The summed E-state index contributed by atoms with van der Waals surface area (Å²) in [6.07, 6.45) is 4.97. The molecule has 12 rings (SSSR count). The van der Waals surface area contributed by atoms with Crippen LogP contribution in [0, 0.1) is 0 Å². The molecule has 0 spiro atoms. The Balaban J connectivity index is 1.19. The van der Waals surface area contributed by atoms with Crippen LogP contribution >= 0.6 is 0 Å². The van der Waals surface area contributed by atoms with E-state index in [0.717, 1.165) is 17.1 Å². The summed E-state index contributed by atoms with van der Waals surface area (Å²) in [5, 5.41) is 7.71. The number of para-hydroxylation sites is 2. The molecule has 1 aliphatic rings. The monoisotopic (exact) mass is 806 g/mol. The molecule has 1 aromatic heterocycles. The Morgan fingerprint density at radius 3 is 1.48 bits per heavy atom. The summed E-state index contributed by atoms with van der Waals surface area (Å²) in [4.78, 5) is 2.56. The highest BCUT2D eigenvalue weighted by Crippen LogP contribution is 2.51. The maximum atomic E-state index is 2.56. The number of fused-ring (bicyclic) bond motifs is 5. The van der Waals surface area contributed by atoms with Gasteiger partial charge >= 0.3 is 0 Å². The molecule has 2 heteroatoms. The highest BCUT2D eigenvalue weighted by atomic mass is 15.1. The lowest BCUT2D eigenvalue weighted by atomic mass is 9.84. The molecule has 0 radical (unpaired) electrons. The van der Waals surface area contributed by atoms with E-state index in [-0.39, 0.29) is 0 Å². The van der Waals surface area contributed by atoms with E-state index in [4.69, 9.17) is 0 Å². The molecule has 1 aliphatic carbocycles. The first-order chi connectivity index (χ1) is 31.3. The van der Waals surface area contributed by atoms with Gasteiger partial charge in [0, 0.05) is 38.6 Å². The molecule has 0 amide bonds. The van der Waals surface area contributed by atoms with E-state index in [1.165, 1.54) is 114 Å². The molecule has 0 unspecified atom stereocenters. The molecule has 1 heterocycles. The molecule has 1 fully saturated rings. The molecule has 0 bridgehead atoms. The van der Waals surface area contributed by atoms with E-state index in [1.807, 2.05) is 0 Å². The molecule has 0 atom stereocenters. The van der Waals surface area contributed by atoms with E-state index in [2.05, 4.69) is 234 Å². The number of nitrogens with zero attached hydrogens (tertiary/aromatic N) is 2. The van der Waals surface area contributed by atoms with E-state index >= 15 is 0 Å². The van der Waals surface area contributed by atoms with Crippen molar-refractivity contribution in [3.8, 4) is 39.1 Å². The predicted octanol–water partition coefficient (Wildman–Crippen LogP) is 17.2. The maximum Gasteiger partial charge on any atom is 0.0618 e. The molecule has 11 aromatic rings. The average molecular weight is 807 g/mol. The Labute approximate surface area is 368 Å². The number of hydrogen-bond donors (Lipinski definition) is 0. The Morgan fingerprint density at radius 1 is 0.333 bits per heavy atom. The number of aromatic nitrogens is 1. The Hall–Kier alpha value is -7.68. The van der Waals surface area contributed by atoms with Gasteiger partial charge < -0.3 is 9.47 Å². The van der Waals surface area contributed by atoms with E-state index in [0.29, 0.717) is 5.92 Å². The third-order valence-electron chi connectivity index (χ3n) is 13.5. The highest BCUT2D eigenvalue weighted by molar-refractivity contribution is 6.19. The van der Waals surface area contributed by atoms with Crippen molar-refractivity contribution in [2.75, 3.05) is 4.90 Å². The van der Waals surface area contributed by atoms with Gasteiger partial charge in [0.15, 0.2) is 0 Å². The minimum atomic E-state index is 0.497. The number of rotatable bonds is 8. The largest absolute Gasteiger partial charge is 0.309 e. The second-order valence-electron chi connectivity index (χ2n) is 17.1. The van der Waals surface area contributed by atoms with Gasteiger partial charge in [0.05, 0.1) is 16.7 Å². The predicted molar refractivity (Wildman–Crippen MR) is 268 cm³/mol. The van der Waals surface area contributed by atoms with Crippen molar-refractivity contribution in [1.29, 1.82) is 0 Å². The summed E-state index contributed by atoms with van der Waals surface area (Å²) in [6, 6.07) is 83.0. The standard InChI is InChI=1S/C61H46N2/c1-5-17-42(18-6-1)45-29-33-50(34-30-45)62(51-35-38-59-55(41-51)52-27-15-16-28-58(52)63(59)49-25-11-4-12-26-49)61-54-37-32-47(43-19-7-2-8-20-43)39-56(54)60(46-23-13-14-24-46)53-36-31-48(40-57(53)61)44-21-9-3-10-22-44/h1-12,15-22,25-41,46H,13-14,23-24H2. The molecule has 63 heavy (non-hydrogen) atoms. The molecule has 2 nitrogen and oxygen atoms in total. The number of anilines is 3. The van der Waals surface area contributed by atoms with Crippen molar-refractivity contribution in [3.63, 3.8) is 0 Å². The number of hydrogen-bond acceptors (Lipinski definition) is 1. The lowest BCUT2D eigenvalue weighted by Gasteiger charge is -2.31. The molecule has 1 saturated carbocycles.